The van der Waals surface area contributed by atoms with Gasteiger partial charge in [-0.3, -0.25) is 0 Å². The Morgan fingerprint density at radius 1 is 0.529 bits per heavy atom. The summed E-state index contributed by atoms with van der Waals surface area (Å²) in [6.07, 6.45) is 5.86. The van der Waals surface area contributed by atoms with E-state index >= 15 is 0 Å². The summed E-state index contributed by atoms with van der Waals surface area (Å²) in [5.41, 5.74) is 11.8. The zero-order chi connectivity index (χ0) is 35.6. The van der Waals surface area contributed by atoms with Gasteiger partial charge in [0.15, 0.2) is 0 Å². The van der Waals surface area contributed by atoms with E-state index in [1.807, 2.05) is 6.08 Å². The summed E-state index contributed by atoms with van der Waals surface area (Å²) in [7, 11) is 0. The van der Waals surface area contributed by atoms with E-state index in [1.54, 1.807) is 0 Å². The lowest BCUT2D eigenvalue weighted by atomic mass is 9.70. The average molecular weight is 671 g/mol. The molecule has 0 spiro atoms. The SMILES string of the molecule is C=CCCCOc1ccc(N(c2ccc(C(CC)(CC)c3ccc(N(c4ccccc4)c4cccc(C)c4)cc3)cc2)c2cccc(C)c2)cc1. The van der Waals surface area contributed by atoms with E-state index in [1.165, 1.54) is 22.3 Å². The quantitative estimate of drug-likeness (QED) is 0.0799. The molecule has 3 heteroatoms. The molecule has 258 valence electrons. The molecule has 0 radical (unpaired) electrons. The Morgan fingerprint density at radius 2 is 0.961 bits per heavy atom. The maximum atomic E-state index is 5.99. The van der Waals surface area contributed by atoms with Crippen molar-refractivity contribution in [3.05, 3.63) is 187 Å². The molecule has 0 saturated heterocycles. The molecule has 6 rings (SSSR count). The first-order chi connectivity index (χ1) is 25.0. The van der Waals surface area contributed by atoms with Gasteiger partial charge < -0.3 is 14.5 Å². The van der Waals surface area contributed by atoms with E-state index in [0.717, 1.165) is 65.6 Å². The van der Waals surface area contributed by atoms with Crippen LogP contribution in [0.5, 0.6) is 5.75 Å². The number of benzene rings is 6. The summed E-state index contributed by atoms with van der Waals surface area (Å²) >= 11 is 0. The van der Waals surface area contributed by atoms with Crippen molar-refractivity contribution in [1.82, 2.24) is 0 Å². The zero-order valence-corrected chi connectivity index (χ0v) is 30.6. The molecule has 0 aliphatic rings. The van der Waals surface area contributed by atoms with Crippen LogP contribution in [-0.2, 0) is 5.41 Å². The molecule has 0 saturated carbocycles. The number of allylic oxidation sites excluding steroid dienone is 1. The minimum Gasteiger partial charge on any atom is -0.494 e. The molecule has 0 heterocycles. The van der Waals surface area contributed by atoms with E-state index in [9.17, 15) is 0 Å². The second-order valence-corrected chi connectivity index (χ2v) is 13.3. The van der Waals surface area contributed by atoms with Crippen LogP contribution in [0.1, 0.15) is 61.8 Å². The minimum absolute atomic E-state index is 0.114. The lowest BCUT2D eigenvalue weighted by molar-refractivity contribution is 0.312. The molecule has 6 aromatic carbocycles. The Labute approximate surface area is 305 Å². The maximum Gasteiger partial charge on any atom is 0.119 e. The van der Waals surface area contributed by atoms with Gasteiger partial charge in [-0.2, -0.15) is 0 Å². The van der Waals surface area contributed by atoms with Crippen molar-refractivity contribution in [2.45, 2.75) is 58.8 Å². The number of unbranched alkanes of at least 4 members (excludes halogenated alkanes) is 1. The normalized spacial score (nSPS) is 11.2. The molecule has 0 fully saturated rings. The Bertz CT molecular complexity index is 1990. The monoisotopic (exact) mass is 670 g/mol. The first-order valence-electron chi connectivity index (χ1n) is 18.3. The second kappa shape index (κ2) is 16.4. The maximum absolute atomic E-state index is 5.99. The first-order valence-corrected chi connectivity index (χ1v) is 18.3. The molecule has 0 bridgehead atoms. The second-order valence-electron chi connectivity index (χ2n) is 13.3. The molecule has 0 amide bonds. The lowest BCUT2D eigenvalue weighted by Gasteiger charge is -2.35. The highest BCUT2D eigenvalue weighted by molar-refractivity contribution is 5.78. The highest BCUT2D eigenvalue weighted by atomic mass is 16.5. The first kappa shape index (κ1) is 35.3. The molecule has 51 heavy (non-hydrogen) atoms. The Morgan fingerprint density at radius 3 is 1.39 bits per heavy atom. The van der Waals surface area contributed by atoms with Gasteiger partial charge in [0.05, 0.1) is 6.61 Å². The van der Waals surface area contributed by atoms with Crippen molar-refractivity contribution < 1.29 is 4.74 Å². The molecule has 0 N–H and O–H groups in total. The molecule has 0 atom stereocenters. The van der Waals surface area contributed by atoms with Gasteiger partial charge in [-0.05, 0) is 147 Å². The highest BCUT2D eigenvalue weighted by Gasteiger charge is 2.31. The van der Waals surface area contributed by atoms with Gasteiger partial charge >= 0.3 is 0 Å². The van der Waals surface area contributed by atoms with Gasteiger partial charge in [0.25, 0.3) is 0 Å². The number of nitrogens with zero attached hydrogens (tertiary/aromatic N) is 2. The summed E-state index contributed by atoms with van der Waals surface area (Å²) in [4.78, 5) is 4.67. The van der Waals surface area contributed by atoms with Crippen LogP contribution in [0.2, 0.25) is 0 Å². The third-order valence-electron chi connectivity index (χ3n) is 10.0. The number of para-hydroxylation sites is 1. The van der Waals surface area contributed by atoms with Crippen LogP contribution in [0.3, 0.4) is 0 Å². The predicted molar refractivity (Wildman–Crippen MR) is 218 cm³/mol. The molecule has 6 aromatic rings. The van der Waals surface area contributed by atoms with E-state index in [0.29, 0.717) is 6.61 Å². The third kappa shape index (κ3) is 7.94. The summed E-state index contributed by atoms with van der Waals surface area (Å²) in [5, 5.41) is 0. The van der Waals surface area contributed by atoms with Crippen LogP contribution in [-0.4, -0.2) is 6.61 Å². The van der Waals surface area contributed by atoms with Crippen LogP contribution >= 0.6 is 0 Å². The Balaban J connectivity index is 1.32. The van der Waals surface area contributed by atoms with Crippen molar-refractivity contribution >= 4 is 34.1 Å². The van der Waals surface area contributed by atoms with Gasteiger partial charge in [-0.25, -0.2) is 0 Å². The van der Waals surface area contributed by atoms with Gasteiger partial charge in [0.1, 0.15) is 5.75 Å². The van der Waals surface area contributed by atoms with Crippen molar-refractivity contribution in [3.63, 3.8) is 0 Å². The number of aryl methyl sites for hydroxylation is 2. The molecule has 0 aromatic heterocycles. The lowest BCUT2D eigenvalue weighted by Crippen LogP contribution is -2.26. The predicted octanol–water partition coefficient (Wildman–Crippen LogP) is 13.7. The zero-order valence-electron chi connectivity index (χ0n) is 30.6. The standard InChI is InChI=1S/C48H50N2O/c1-6-9-13-34-51-47-32-30-44(31-33-47)50(46-21-15-17-38(5)36-46)43-28-24-40(25-29-43)48(7-2,8-3)39-22-26-42(27-23-39)49(41-18-11-10-12-19-41)45-20-14-16-37(4)35-45/h6,10-12,14-33,35-36H,1,7-9,13,34H2,2-5H3. The molecule has 3 nitrogen and oxygen atoms in total. The van der Waals surface area contributed by atoms with Gasteiger partial charge in [-0.1, -0.05) is 86.7 Å². The van der Waals surface area contributed by atoms with Crippen molar-refractivity contribution in [3.8, 4) is 5.75 Å². The van der Waals surface area contributed by atoms with Gasteiger partial charge in [-0.15, -0.1) is 6.58 Å². The summed E-state index contributed by atoms with van der Waals surface area (Å²) in [6, 6.07) is 54.9. The number of hydrogen-bond acceptors (Lipinski definition) is 3. The Hall–Kier alpha value is -5.54. The smallest absolute Gasteiger partial charge is 0.119 e. The van der Waals surface area contributed by atoms with Gasteiger partial charge in [0.2, 0.25) is 0 Å². The number of rotatable bonds is 15. The number of anilines is 6. The molecule has 0 aliphatic heterocycles. The van der Waals surface area contributed by atoms with Crippen LogP contribution in [0.25, 0.3) is 0 Å². The number of ether oxygens (including phenoxy) is 1. The van der Waals surface area contributed by atoms with Crippen LogP contribution in [0.15, 0.2) is 164 Å². The summed E-state index contributed by atoms with van der Waals surface area (Å²) in [6.45, 7) is 13.4. The topological polar surface area (TPSA) is 15.7 Å². The summed E-state index contributed by atoms with van der Waals surface area (Å²) in [5.74, 6) is 0.884. The fraction of sp³-hybridized carbons (Fsp3) is 0.208. The van der Waals surface area contributed by atoms with E-state index in [2.05, 4.69) is 196 Å². The van der Waals surface area contributed by atoms with Gasteiger partial charge in [0, 0.05) is 39.5 Å². The van der Waals surface area contributed by atoms with Crippen molar-refractivity contribution in [2.75, 3.05) is 16.4 Å². The number of hydrogen-bond donors (Lipinski definition) is 0. The fourth-order valence-corrected chi connectivity index (χ4v) is 7.21. The van der Waals surface area contributed by atoms with Crippen LogP contribution < -0.4 is 14.5 Å². The van der Waals surface area contributed by atoms with Crippen molar-refractivity contribution in [1.29, 1.82) is 0 Å². The van der Waals surface area contributed by atoms with E-state index < -0.39 is 0 Å². The van der Waals surface area contributed by atoms with Crippen LogP contribution in [0, 0.1) is 13.8 Å². The summed E-state index contributed by atoms with van der Waals surface area (Å²) < 4.78 is 5.99. The third-order valence-corrected chi connectivity index (χ3v) is 10.0. The largest absolute Gasteiger partial charge is 0.494 e. The fourth-order valence-electron chi connectivity index (χ4n) is 7.21. The van der Waals surface area contributed by atoms with Crippen molar-refractivity contribution in [2.24, 2.45) is 0 Å². The molecule has 0 aliphatic carbocycles. The molecule has 0 unspecified atom stereocenters. The highest BCUT2D eigenvalue weighted by Crippen LogP contribution is 2.43. The van der Waals surface area contributed by atoms with E-state index in [-0.39, 0.29) is 5.41 Å². The minimum atomic E-state index is -0.114. The van der Waals surface area contributed by atoms with Crippen LogP contribution in [0.4, 0.5) is 34.1 Å². The Kier molecular flexibility index (Phi) is 11.4. The molecular formula is C48H50N2O. The molecular weight excluding hydrogens is 621 g/mol. The average Bonchev–Trinajstić information content (AvgIpc) is 3.17. The van der Waals surface area contributed by atoms with E-state index in [4.69, 9.17) is 4.74 Å².